The van der Waals surface area contributed by atoms with Gasteiger partial charge in [-0.25, -0.2) is 12.8 Å². The van der Waals surface area contributed by atoms with Gasteiger partial charge in [0.1, 0.15) is 11.6 Å². The molecular formula is C16H17FN2O3S. The number of sulfonamides is 1. The van der Waals surface area contributed by atoms with Gasteiger partial charge >= 0.3 is 0 Å². The van der Waals surface area contributed by atoms with Crippen molar-refractivity contribution in [3.8, 4) is 5.75 Å². The molecule has 0 amide bonds. The van der Waals surface area contributed by atoms with Crippen LogP contribution < -0.4 is 4.90 Å². The Morgan fingerprint density at radius 2 is 1.43 bits per heavy atom. The summed E-state index contributed by atoms with van der Waals surface area (Å²) in [6.45, 7) is 1.84. The van der Waals surface area contributed by atoms with Crippen molar-refractivity contribution >= 4 is 15.7 Å². The van der Waals surface area contributed by atoms with Crippen LogP contribution in [0.1, 0.15) is 0 Å². The van der Waals surface area contributed by atoms with Crippen molar-refractivity contribution in [3.63, 3.8) is 0 Å². The van der Waals surface area contributed by atoms with Gasteiger partial charge in [-0.2, -0.15) is 4.31 Å². The van der Waals surface area contributed by atoms with Crippen molar-refractivity contribution < 1.29 is 17.9 Å². The van der Waals surface area contributed by atoms with Gasteiger partial charge < -0.3 is 10.0 Å². The lowest BCUT2D eigenvalue weighted by molar-refractivity contribution is 0.385. The number of anilines is 1. The van der Waals surface area contributed by atoms with Crippen molar-refractivity contribution in [3.05, 3.63) is 54.3 Å². The molecule has 0 aromatic heterocycles. The zero-order chi connectivity index (χ0) is 16.4. The van der Waals surface area contributed by atoms with Gasteiger partial charge in [-0.05, 0) is 48.5 Å². The Kier molecular flexibility index (Phi) is 4.23. The van der Waals surface area contributed by atoms with Crippen molar-refractivity contribution in [1.82, 2.24) is 4.31 Å². The predicted octanol–water partition coefficient (Wildman–Crippen LogP) is 2.04. The lowest BCUT2D eigenvalue weighted by Crippen LogP contribution is -2.48. The van der Waals surface area contributed by atoms with Crippen LogP contribution in [0.3, 0.4) is 0 Å². The van der Waals surface area contributed by atoms with E-state index in [1.165, 1.54) is 16.4 Å². The van der Waals surface area contributed by atoms with E-state index in [1.54, 1.807) is 24.3 Å². The highest BCUT2D eigenvalue weighted by molar-refractivity contribution is 7.89. The minimum Gasteiger partial charge on any atom is -0.508 e. The summed E-state index contributed by atoms with van der Waals surface area (Å²) in [5.41, 5.74) is 0.946. The fourth-order valence-corrected chi connectivity index (χ4v) is 4.03. The number of phenols is 1. The highest BCUT2D eigenvalue weighted by Gasteiger charge is 2.28. The molecule has 0 atom stereocenters. The maximum absolute atomic E-state index is 13.0. The van der Waals surface area contributed by atoms with Gasteiger partial charge in [-0.3, -0.25) is 0 Å². The number of hydrogen-bond acceptors (Lipinski definition) is 4. The Hall–Kier alpha value is -2.12. The van der Waals surface area contributed by atoms with Crippen LogP contribution in [0.4, 0.5) is 10.1 Å². The van der Waals surface area contributed by atoms with E-state index in [0.29, 0.717) is 26.2 Å². The zero-order valence-electron chi connectivity index (χ0n) is 12.4. The molecule has 1 saturated heterocycles. The van der Waals surface area contributed by atoms with E-state index in [-0.39, 0.29) is 10.6 Å². The number of hydrogen-bond donors (Lipinski definition) is 1. The highest BCUT2D eigenvalue weighted by atomic mass is 32.2. The fourth-order valence-electron chi connectivity index (χ4n) is 2.61. The standard InChI is InChI=1S/C16H17FN2O3S/c17-13-1-7-16(8-2-13)23(21,22)19-11-9-18(10-12-19)14-3-5-15(20)6-4-14/h1-8,20H,9-12H2. The summed E-state index contributed by atoms with van der Waals surface area (Å²) in [4.78, 5) is 2.17. The second-order valence-electron chi connectivity index (χ2n) is 5.36. The van der Waals surface area contributed by atoms with E-state index >= 15 is 0 Å². The number of nitrogens with zero attached hydrogens (tertiary/aromatic N) is 2. The van der Waals surface area contributed by atoms with Crippen molar-refractivity contribution in [2.45, 2.75) is 4.90 Å². The molecule has 2 aromatic carbocycles. The average molecular weight is 336 g/mol. The summed E-state index contributed by atoms with van der Waals surface area (Å²) in [5, 5.41) is 9.32. The monoisotopic (exact) mass is 336 g/mol. The van der Waals surface area contributed by atoms with Crippen molar-refractivity contribution in [2.24, 2.45) is 0 Å². The molecule has 0 bridgehead atoms. The second kappa shape index (κ2) is 6.17. The number of benzene rings is 2. The summed E-state index contributed by atoms with van der Waals surface area (Å²) < 4.78 is 39.4. The molecule has 1 N–H and O–H groups in total. The molecule has 0 radical (unpaired) electrons. The minimum absolute atomic E-state index is 0.108. The quantitative estimate of drug-likeness (QED) is 0.932. The molecule has 1 fully saturated rings. The molecule has 23 heavy (non-hydrogen) atoms. The zero-order valence-corrected chi connectivity index (χ0v) is 13.2. The van der Waals surface area contributed by atoms with Gasteiger partial charge in [0, 0.05) is 31.9 Å². The lowest BCUT2D eigenvalue weighted by Gasteiger charge is -2.35. The highest BCUT2D eigenvalue weighted by Crippen LogP contribution is 2.22. The first-order valence-electron chi connectivity index (χ1n) is 7.26. The number of piperazine rings is 1. The Labute approximate surface area is 134 Å². The first-order valence-corrected chi connectivity index (χ1v) is 8.70. The van der Waals surface area contributed by atoms with Gasteiger partial charge in [0.25, 0.3) is 0 Å². The third kappa shape index (κ3) is 3.30. The molecule has 1 aliphatic heterocycles. The normalized spacial score (nSPS) is 16.5. The summed E-state index contributed by atoms with van der Waals surface area (Å²) in [6.07, 6.45) is 0. The van der Waals surface area contributed by atoms with Gasteiger partial charge in [0.15, 0.2) is 0 Å². The number of rotatable bonds is 3. The molecule has 7 heteroatoms. The summed E-state index contributed by atoms with van der Waals surface area (Å²) >= 11 is 0. The Balaban J connectivity index is 1.70. The molecule has 0 aliphatic carbocycles. The van der Waals surface area contributed by atoms with Gasteiger partial charge in [-0.15, -0.1) is 0 Å². The van der Waals surface area contributed by atoms with Gasteiger partial charge in [-0.1, -0.05) is 0 Å². The second-order valence-corrected chi connectivity index (χ2v) is 7.30. The van der Waals surface area contributed by atoms with Crippen LogP contribution in [0.15, 0.2) is 53.4 Å². The summed E-state index contributed by atoms with van der Waals surface area (Å²) in [5.74, 6) is -0.257. The van der Waals surface area contributed by atoms with Crippen LogP contribution in [-0.2, 0) is 10.0 Å². The number of phenolic OH excluding ortho intramolecular Hbond substituents is 1. The van der Waals surface area contributed by atoms with Crippen molar-refractivity contribution in [1.29, 1.82) is 0 Å². The molecule has 0 saturated carbocycles. The molecule has 5 nitrogen and oxygen atoms in total. The van der Waals surface area contributed by atoms with Crippen LogP contribution >= 0.6 is 0 Å². The fraction of sp³-hybridized carbons (Fsp3) is 0.250. The molecule has 2 aromatic rings. The molecule has 0 spiro atoms. The molecular weight excluding hydrogens is 319 g/mol. The molecule has 1 aliphatic rings. The summed E-state index contributed by atoms with van der Waals surface area (Å²) in [6, 6.07) is 11.7. The molecule has 3 rings (SSSR count). The summed E-state index contributed by atoms with van der Waals surface area (Å²) in [7, 11) is -3.59. The lowest BCUT2D eigenvalue weighted by atomic mass is 10.2. The van der Waals surface area contributed by atoms with E-state index in [4.69, 9.17) is 0 Å². The van der Waals surface area contributed by atoms with Crippen molar-refractivity contribution in [2.75, 3.05) is 31.1 Å². The van der Waals surface area contributed by atoms with Crippen LogP contribution in [0, 0.1) is 5.82 Å². The van der Waals surface area contributed by atoms with Gasteiger partial charge in [0.2, 0.25) is 10.0 Å². The third-order valence-electron chi connectivity index (χ3n) is 3.90. The largest absolute Gasteiger partial charge is 0.508 e. The smallest absolute Gasteiger partial charge is 0.243 e. The SMILES string of the molecule is O=S(=O)(c1ccc(F)cc1)N1CCN(c2ccc(O)cc2)CC1. The van der Waals surface area contributed by atoms with Crippen LogP contribution in [0.2, 0.25) is 0 Å². The van der Waals surface area contributed by atoms with Crippen LogP contribution in [0.25, 0.3) is 0 Å². The van der Waals surface area contributed by atoms with E-state index in [0.717, 1.165) is 17.8 Å². The Bertz CT molecular complexity index is 768. The maximum Gasteiger partial charge on any atom is 0.243 e. The molecule has 0 unspecified atom stereocenters. The maximum atomic E-state index is 13.0. The van der Waals surface area contributed by atoms with E-state index in [9.17, 15) is 17.9 Å². The van der Waals surface area contributed by atoms with E-state index in [2.05, 4.69) is 4.90 Å². The number of aromatic hydroxyl groups is 1. The Morgan fingerprint density at radius 1 is 0.870 bits per heavy atom. The van der Waals surface area contributed by atoms with E-state index < -0.39 is 15.8 Å². The van der Waals surface area contributed by atoms with Crippen LogP contribution in [0.5, 0.6) is 5.75 Å². The van der Waals surface area contributed by atoms with Gasteiger partial charge in [0.05, 0.1) is 4.90 Å². The van der Waals surface area contributed by atoms with E-state index in [1.807, 2.05) is 0 Å². The average Bonchev–Trinajstić information content (AvgIpc) is 2.56. The first kappa shape index (κ1) is 15.8. The Morgan fingerprint density at radius 3 is 2.00 bits per heavy atom. The topological polar surface area (TPSA) is 60.9 Å². The minimum atomic E-state index is -3.59. The molecule has 1 heterocycles. The predicted molar refractivity (Wildman–Crippen MR) is 85.5 cm³/mol. The first-order chi connectivity index (χ1) is 11.0. The number of halogens is 1. The molecule has 122 valence electrons. The van der Waals surface area contributed by atoms with Crippen LogP contribution in [-0.4, -0.2) is 44.0 Å². The third-order valence-corrected chi connectivity index (χ3v) is 5.82.